The van der Waals surface area contributed by atoms with Gasteiger partial charge in [0.25, 0.3) is 0 Å². The fraction of sp³-hybridized carbons (Fsp3) is 0.467. The fourth-order valence-electron chi connectivity index (χ4n) is 2.42. The van der Waals surface area contributed by atoms with E-state index in [9.17, 15) is 0 Å². The minimum absolute atomic E-state index is 0.383. The summed E-state index contributed by atoms with van der Waals surface area (Å²) in [6, 6.07) is 8.37. The first kappa shape index (κ1) is 13.6. The van der Waals surface area contributed by atoms with Gasteiger partial charge < -0.3 is 9.84 Å². The quantitative estimate of drug-likeness (QED) is 0.876. The van der Waals surface area contributed by atoms with Gasteiger partial charge in [0.05, 0.1) is 11.7 Å². The van der Waals surface area contributed by atoms with Crippen molar-refractivity contribution >= 4 is 11.8 Å². The van der Waals surface area contributed by atoms with Crippen LogP contribution in [0.4, 0.5) is 0 Å². The average Bonchev–Trinajstić information content (AvgIpc) is 2.96. The van der Waals surface area contributed by atoms with Gasteiger partial charge >= 0.3 is 0 Å². The zero-order valence-corrected chi connectivity index (χ0v) is 12.4. The molecule has 2 aromatic rings. The number of piperidine rings is 1. The van der Waals surface area contributed by atoms with Gasteiger partial charge in [-0.3, -0.25) is 0 Å². The lowest BCUT2D eigenvalue weighted by Crippen LogP contribution is -2.28. The van der Waals surface area contributed by atoms with Gasteiger partial charge in [-0.2, -0.15) is 4.98 Å². The molecule has 4 nitrogen and oxygen atoms in total. The van der Waals surface area contributed by atoms with Crippen LogP contribution in [0.25, 0.3) is 0 Å². The molecule has 106 valence electrons. The summed E-state index contributed by atoms with van der Waals surface area (Å²) in [5.74, 6) is 2.72. The SMILES string of the molecule is Cc1ccccc1SCc1noc([C@H]2CCCNC2)n1. The number of aromatic nitrogens is 2. The van der Waals surface area contributed by atoms with Gasteiger partial charge in [-0.15, -0.1) is 11.8 Å². The number of rotatable bonds is 4. The highest BCUT2D eigenvalue weighted by atomic mass is 32.2. The third kappa shape index (κ3) is 3.22. The Hall–Kier alpha value is -1.33. The van der Waals surface area contributed by atoms with Crippen LogP contribution in [-0.4, -0.2) is 23.2 Å². The highest BCUT2D eigenvalue weighted by Crippen LogP contribution is 2.26. The van der Waals surface area contributed by atoms with Crippen molar-refractivity contribution in [2.45, 2.75) is 36.3 Å². The number of benzene rings is 1. The van der Waals surface area contributed by atoms with Crippen molar-refractivity contribution in [1.82, 2.24) is 15.5 Å². The maximum atomic E-state index is 5.41. The Labute approximate surface area is 123 Å². The van der Waals surface area contributed by atoms with Crippen molar-refractivity contribution in [3.8, 4) is 0 Å². The molecule has 1 aliphatic heterocycles. The first-order valence-corrected chi connectivity index (χ1v) is 8.03. The van der Waals surface area contributed by atoms with Crippen molar-refractivity contribution in [3.63, 3.8) is 0 Å². The Balaban J connectivity index is 1.61. The van der Waals surface area contributed by atoms with Crippen LogP contribution < -0.4 is 5.32 Å². The Kier molecular flexibility index (Phi) is 4.38. The molecule has 0 aliphatic carbocycles. The zero-order chi connectivity index (χ0) is 13.8. The molecule has 0 bridgehead atoms. The van der Waals surface area contributed by atoms with E-state index >= 15 is 0 Å². The second kappa shape index (κ2) is 6.41. The van der Waals surface area contributed by atoms with E-state index in [2.05, 4.69) is 46.6 Å². The van der Waals surface area contributed by atoms with Crippen LogP contribution in [0.15, 0.2) is 33.7 Å². The molecular weight excluding hydrogens is 270 g/mol. The molecule has 1 N–H and O–H groups in total. The van der Waals surface area contributed by atoms with Gasteiger partial charge in [0.15, 0.2) is 5.82 Å². The van der Waals surface area contributed by atoms with Crippen LogP contribution in [0.2, 0.25) is 0 Å². The molecule has 1 fully saturated rings. The molecule has 2 heterocycles. The van der Waals surface area contributed by atoms with Crippen LogP contribution in [0, 0.1) is 6.92 Å². The average molecular weight is 289 g/mol. The molecule has 20 heavy (non-hydrogen) atoms. The van der Waals surface area contributed by atoms with Gasteiger partial charge in [-0.1, -0.05) is 23.4 Å². The summed E-state index contributed by atoms with van der Waals surface area (Å²) < 4.78 is 5.41. The van der Waals surface area contributed by atoms with Crippen LogP contribution in [0.3, 0.4) is 0 Å². The van der Waals surface area contributed by atoms with Crippen LogP contribution in [-0.2, 0) is 5.75 Å². The Morgan fingerprint density at radius 1 is 1.40 bits per heavy atom. The van der Waals surface area contributed by atoms with Gasteiger partial charge in [-0.05, 0) is 37.9 Å². The van der Waals surface area contributed by atoms with Crippen molar-refractivity contribution in [3.05, 3.63) is 41.5 Å². The molecule has 1 aromatic carbocycles. The van der Waals surface area contributed by atoms with Gasteiger partial charge in [0, 0.05) is 11.4 Å². The van der Waals surface area contributed by atoms with E-state index < -0.39 is 0 Å². The fourth-order valence-corrected chi connectivity index (χ4v) is 3.29. The maximum absolute atomic E-state index is 5.41. The Morgan fingerprint density at radius 2 is 2.30 bits per heavy atom. The molecule has 0 saturated carbocycles. The molecule has 0 spiro atoms. The van der Waals surface area contributed by atoms with Gasteiger partial charge in [0.1, 0.15) is 0 Å². The number of aryl methyl sites for hydroxylation is 1. The van der Waals surface area contributed by atoms with E-state index in [0.717, 1.165) is 37.0 Å². The van der Waals surface area contributed by atoms with E-state index in [4.69, 9.17) is 4.52 Å². The monoisotopic (exact) mass is 289 g/mol. The molecule has 1 aromatic heterocycles. The van der Waals surface area contributed by atoms with Crippen molar-refractivity contribution in [2.24, 2.45) is 0 Å². The number of nitrogens with zero attached hydrogens (tertiary/aromatic N) is 2. The third-order valence-corrected chi connectivity index (χ3v) is 4.75. The summed E-state index contributed by atoms with van der Waals surface area (Å²) in [5.41, 5.74) is 1.29. The topological polar surface area (TPSA) is 51.0 Å². The lowest BCUT2D eigenvalue weighted by molar-refractivity contribution is 0.320. The largest absolute Gasteiger partial charge is 0.339 e. The third-order valence-electron chi connectivity index (χ3n) is 3.58. The molecule has 5 heteroatoms. The lowest BCUT2D eigenvalue weighted by Gasteiger charge is -2.18. The molecule has 1 saturated heterocycles. The first-order valence-electron chi connectivity index (χ1n) is 7.04. The number of thioether (sulfide) groups is 1. The molecule has 1 aliphatic rings. The molecule has 0 unspecified atom stereocenters. The second-order valence-corrected chi connectivity index (χ2v) is 6.16. The molecule has 0 amide bonds. The first-order chi connectivity index (χ1) is 9.83. The predicted octanol–water partition coefficient (Wildman–Crippen LogP) is 3.14. The van der Waals surface area contributed by atoms with E-state index in [0.29, 0.717) is 5.92 Å². The maximum Gasteiger partial charge on any atom is 0.231 e. The summed E-state index contributed by atoms with van der Waals surface area (Å²) in [4.78, 5) is 5.82. The number of hydrogen-bond donors (Lipinski definition) is 1. The molecular formula is C15H19N3OS. The highest BCUT2D eigenvalue weighted by Gasteiger charge is 2.21. The number of hydrogen-bond acceptors (Lipinski definition) is 5. The van der Waals surface area contributed by atoms with Crippen LogP contribution >= 0.6 is 11.8 Å². The summed E-state index contributed by atoms with van der Waals surface area (Å²) in [6.07, 6.45) is 2.32. The summed E-state index contributed by atoms with van der Waals surface area (Å²) in [7, 11) is 0. The molecule has 0 radical (unpaired) electrons. The van der Waals surface area contributed by atoms with Gasteiger partial charge in [-0.25, -0.2) is 0 Å². The Bertz CT molecular complexity index is 564. The molecule has 1 atom stereocenters. The summed E-state index contributed by atoms with van der Waals surface area (Å²) in [6.45, 7) is 4.17. The second-order valence-electron chi connectivity index (χ2n) is 5.15. The highest BCUT2D eigenvalue weighted by molar-refractivity contribution is 7.98. The number of nitrogens with one attached hydrogen (secondary N) is 1. The minimum Gasteiger partial charge on any atom is -0.339 e. The van der Waals surface area contributed by atoms with E-state index in [1.807, 2.05) is 0 Å². The zero-order valence-electron chi connectivity index (χ0n) is 11.6. The summed E-state index contributed by atoms with van der Waals surface area (Å²) in [5, 5.41) is 7.48. The van der Waals surface area contributed by atoms with Crippen molar-refractivity contribution < 1.29 is 4.52 Å². The Morgan fingerprint density at radius 3 is 3.10 bits per heavy atom. The van der Waals surface area contributed by atoms with Crippen molar-refractivity contribution in [1.29, 1.82) is 0 Å². The van der Waals surface area contributed by atoms with Crippen molar-refractivity contribution in [2.75, 3.05) is 13.1 Å². The van der Waals surface area contributed by atoms with E-state index in [1.54, 1.807) is 11.8 Å². The van der Waals surface area contributed by atoms with Crippen LogP contribution in [0.1, 0.15) is 36.0 Å². The van der Waals surface area contributed by atoms with Crippen LogP contribution in [0.5, 0.6) is 0 Å². The molecule has 3 rings (SSSR count). The normalized spacial score (nSPS) is 19.1. The van der Waals surface area contributed by atoms with E-state index in [1.165, 1.54) is 16.9 Å². The summed E-state index contributed by atoms with van der Waals surface area (Å²) >= 11 is 1.76. The smallest absolute Gasteiger partial charge is 0.231 e. The lowest BCUT2D eigenvalue weighted by atomic mass is 10.00. The van der Waals surface area contributed by atoms with E-state index in [-0.39, 0.29) is 0 Å². The standard InChI is InChI=1S/C15H19N3OS/c1-11-5-2-3-7-13(11)20-10-14-17-15(19-18-14)12-6-4-8-16-9-12/h2-3,5,7,12,16H,4,6,8-10H2,1H3/t12-/m0/s1. The van der Waals surface area contributed by atoms with Gasteiger partial charge in [0.2, 0.25) is 5.89 Å². The predicted molar refractivity (Wildman–Crippen MR) is 79.9 cm³/mol. The minimum atomic E-state index is 0.383.